The lowest BCUT2D eigenvalue weighted by atomic mass is 10.2. The molecular formula is C17H14BrClN2O4S. The average molecular weight is 458 g/mol. The number of hydrogen-bond donors (Lipinski definition) is 2. The van der Waals surface area contributed by atoms with Crippen LogP contribution in [0.2, 0.25) is 5.02 Å². The van der Waals surface area contributed by atoms with Crippen molar-refractivity contribution in [2.24, 2.45) is 0 Å². The standard InChI is InChI=1S/C17H14BrClN2O4S/c18-14-6-1-3-11-9-15(25-16(11)14)17(22)20-7-8-21-26(23,24)13-5-2-4-12(19)10-13/h1-6,9-10,21H,7-8H2,(H,20,22). The Morgan fingerprint density at radius 1 is 1.12 bits per heavy atom. The van der Waals surface area contributed by atoms with E-state index in [4.69, 9.17) is 16.0 Å². The topological polar surface area (TPSA) is 88.4 Å². The van der Waals surface area contributed by atoms with Crippen LogP contribution in [0.4, 0.5) is 0 Å². The molecule has 0 saturated heterocycles. The number of benzene rings is 2. The van der Waals surface area contributed by atoms with Gasteiger partial charge in [0, 0.05) is 23.5 Å². The molecule has 0 radical (unpaired) electrons. The number of fused-ring (bicyclic) bond motifs is 1. The smallest absolute Gasteiger partial charge is 0.287 e. The van der Waals surface area contributed by atoms with Crippen LogP contribution < -0.4 is 10.0 Å². The van der Waals surface area contributed by atoms with Crippen LogP contribution in [0.3, 0.4) is 0 Å². The summed E-state index contributed by atoms with van der Waals surface area (Å²) in [5.74, 6) is -0.264. The van der Waals surface area contributed by atoms with Crippen LogP contribution >= 0.6 is 27.5 Å². The van der Waals surface area contributed by atoms with Gasteiger partial charge in [-0.15, -0.1) is 0 Å². The van der Waals surface area contributed by atoms with Gasteiger partial charge in [0.05, 0.1) is 9.37 Å². The molecule has 136 valence electrons. The third-order valence-corrected chi connectivity index (χ3v) is 5.85. The minimum atomic E-state index is -3.69. The Bertz CT molecular complexity index is 1070. The Labute approximate surface area is 163 Å². The maximum absolute atomic E-state index is 12.1. The molecule has 0 aliphatic heterocycles. The second kappa shape index (κ2) is 7.79. The van der Waals surface area contributed by atoms with Gasteiger partial charge in [-0.05, 0) is 46.3 Å². The van der Waals surface area contributed by atoms with Crippen molar-refractivity contribution in [1.82, 2.24) is 10.0 Å². The van der Waals surface area contributed by atoms with Gasteiger partial charge in [-0.1, -0.05) is 29.8 Å². The molecule has 0 bridgehead atoms. The number of nitrogens with one attached hydrogen (secondary N) is 2. The van der Waals surface area contributed by atoms with E-state index >= 15 is 0 Å². The Morgan fingerprint density at radius 3 is 2.62 bits per heavy atom. The quantitative estimate of drug-likeness (QED) is 0.554. The van der Waals surface area contributed by atoms with Crippen LogP contribution in [0.1, 0.15) is 10.6 Å². The number of carbonyl (C=O) groups is 1. The summed E-state index contributed by atoms with van der Waals surface area (Å²) in [4.78, 5) is 12.2. The summed E-state index contributed by atoms with van der Waals surface area (Å²) < 4.78 is 33.0. The maximum Gasteiger partial charge on any atom is 0.287 e. The van der Waals surface area contributed by atoms with E-state index in [0.29, 0.717) is 10.6 Å². The molecule has 26 heavy (non-hydrogen) atoms. The summed E-state index contributed by atoms with van der Waals surface area (Å²) in [6.45, 7) is 0.140. The van der Waals surface area contributed by atoms with Gasteiger partial charge in [0.1, 0.15) is 5.58 Å². The summed E-state index contributed by atoms with van der Waals surface area (Å²) in [6.07, 6.45) is 0. The predicted molar refractivity (Wildman–Crippen MR) is 103 cm³/mol. The monoisotopic (exact) mass is 456 g/mol. The Balaban J connectivity index is 1.57. The van der Waals surface area contributed by atoms with Crippen LogP contribution in [0.25, 0.3) is 11.0 Å². The first-order chi connectivity index (χ1) is 12.4. The summed E-state index contributed by atoms with van der Waals surface area (Å²) >= 11 is 9.16. The highest BCUT2D eigenvalue weighted by molar-refractivity contribution is 9.10. The second-order valence-electron chi connectivity index (χ2n) is 5.38. The zero-order valence-corrected chi connectivity index (χ0v) is 16.5. The van der Waals surface area contributed by atoms with Gasteiger partial charge in [-0.25, -0.2) is 13.1 Å². The van der Waals surface area contributed by atoms with Crippen molar-refractivity contribution in [3.05, 3.63) is 63.8 Å². The van der Waals surface area contributed by atoms with Crippen LogP contribution in [0, 0.1) is 0 Å². The summed E-state index contributed by atoms with van der Waals surface area (Å²) in [5.41, 5.74) is 0.583. The SMILES string of the molecule is O=C(NCCNS(=O)(=O)c1cccc(Cl)c1)c1cc2cccc(Br)c2o1. The Hall–Kier alpha value is -1.87. The Morgan fingerprint density at radius 2 is 1.88 bits per heavy atom. The van der Waals surface area contributed by atoms with Crippen molar-refractivity contribution in [2.75, 3.05) is 13.1 Å². The van der Waals surface area contributed by atoms with Crippen molar-refractivity contribution in [3.8, 4) is 0 Å². The van der Waals surface area contributed by atoms with Crippen molar-refractivity contribution >= 4 is 54.4 Å². The number of hydrogen-bond acceptors (Lipinski definition) is 4. The molecule has 1 amide bonds. The average Bonchev–Trinajstić information content (AvgIpc) is 3.04. The van der Waals surface area contributed by atoms with Crippen LogP contribution in [0.15, 0.2) is 62.3 Å². The number of para-hydroxylation sites is 1. The normalized spacial score (nSPS) is 11.6. The van der Waals surface area contributed by atoms with E-state index in [-0.39, 0.29) is 23.7 Å². The molecule has 1 aromatic heterocycles. The lowest BCUT2D eigenvalue weighted by Crippen LogP contribution is -2.34. The van der Waals surface area contributed by atoms with Gasteiger partial charge >= 0.3 is 0 Å². The third kappa shape index (κ3) is 4.27. The second-order valence-corrected chi connectivity index (χ2v) is 8.44. The van der Waals surface area contributed by atoms with E-state index in [1.807, 2.05) is 18.2 Å². The lowest BCUT2D eigenvalue weighted by Gasteiger charge is -2.07. The van der Waals surface area contributed by atoms with E-state index in [9.17, 15) is 13.2 Å². The van der Waals surface area contributed by atoms with Crippen LogP contribution in [0.5, 0.6) is 0 Å². The van der Waals surface area contributed by atoms with Crippen molar-refractivity contribution in [1.29, 1.82) is 0 Å². The molecule has 0 atom stereocenters. The minimum absolute atomic E-state index is 0.0323. The van der Waals surface area contributed by atoms with E-state index in [1.165, 1.54) is 12.1 Å². The first kappa shape index (κ1) is 18.9. The Kier molecular flexibility index (Phi) is 5.67. The highest BCUT2D eigenvalue weighted by Gasteiger charge is 2.15. The largest absolute Gasteiger partial charge is 0.450 e. The lowest BCUT2D eigenvalue weighted by molar-refractivity contribution is 0.0929. The zero-order chi connectivity index (χ0) is 18.7. The molecule has 3 rings (SSSR count). The molecule has 0 unspecified atom stereocenters. The minimum Gasteiger partial charge on any atom is -0.450 e. The maximum atomic E-state index is 12.1. The fourth-order valence-electron chi connectivity index (χ4n) is 2.31. The summed E-state index contributed by atoms with van der Waals surface area (Å²) in [6, 6.07) is 13.1. The van der Waals surface area contributed by atoms with Gasteiger partial charge < -0.3 is 9.73 Å². The van der Waals surface area contributed by atoms with Crippen LogP contribution in [-0.4, -0.2) is 27.4 Å². The predicted octanol–water partition coefficient (Wildman–Crippen LogP) is 3.56. The number of sulfonamides is 1. The summed E-state index contributed by atoms with van der Waals surface area (Å²) in [7, 11) is -3.69. The fourth-order valence-corrected chi connectivity index (χ4v) is 4.10. The molecule has 9 heteroatoms. The fraction of sp³-hybridized carbons (Fsp3) is 0.118. The third-order valence-electron chi connectivity index (χ3n) is 3.53. The van der Waals surface area contributed by atoms with Crippen molar-refractivity contribution in [2.45, 2.75) is 4.90 Å². The summed E-state index contributed by atoms with van der Waals surface area (Å²) in [5, 5.41) is 3.74. The van der Waals surface area contributed by atoms with Gasteiger partial charge in [0.2, 0.25) is 10.0 Å². The molecule has 1 heterocycles. The molecule has 2 N–H and O–H groups in total. The molecule has 0 fully saturated rings. The van der Waals surface area contributed by atoms with Gasteiger partial charge in [0.15, 0.2) is 5.76 Å². The molecule has 2 aromatic carbocycles. The van der Waals surface area contributed by atoms with Gasteiger partial charge in [-0.2, -0.15) is 0 Å². The van der Waals surface area contributed by atoms with E-state index in [0.717, 1.165) is 9.86 Å². The van der Waals surface area contributed by atoms with E-state index in [2.05, 4.69) is 26.0 Å². The highest BCUT2D eigenvalue weighted by Crippen LogP contribution is 2.26. The number of furan rings is 1. The number of carbonyl (C=O) groups excluding carboxylic acids is 1. The van der Waals surface area contributed by atoms with E-state index in [1.54, 1.807) is 18.2 Å². The zero-order valence-electron chi connectivity index (χ0n) is 13.3. The van der Waals surface area contributed by atoms with E-state index < -0.39 is 15.9 Å². The van der Waals surface area contributed by atoms with Crippen molar-refractivity contribution in [3.63, 3.8) is 0 Å². The molecular weight excluding hydrogens is 444 g/mol. The molecule has 0 aliphatic carbocycles. The molecule has 0 aliphatic rings. The molecule has 6 nitrogen and oxygen atoms in total. The number of amides is 1. The first-order valence-electron chi connectivity index (χ1n) is 7.58. The first-order valence-corrected chi connectivity index (χ1v) is 10.2. The highest BCUT2D eigenvalue weighted by atomic mass is 79.9. The number of rotatable bonds is 6. The van der Waals surface area contributed by atoms with Crippen LogP contribution in [-0.2, 0) is 10.0 Å². The molecule has 3 aromatic rings. The van der Waals surface area contributed by atoms with Crippen molar-refractivity contribution < 1.29 is 17.6 Å². The van der Waals surface area contributed by atoms with Gasteiger partial charge in [0.25, 0.3) is 5.91 Å². The molecule has 0 saturated carbocycles. The van der Waals surface area contributed by atoms with Gasteiger partial charge in [-0.3, -0.25) is 4.79 Å². The number of halogens is 2. The molecule has 0 spiro atoms.